The number of nitrogens with zero attached hydrogens (tertiary/aromatic N) is 6. The second-order valence-corrected chi connectivity index (χ2v) is 15.4. The number of phenols is 1. The quantitative estimate of drug-likeness (QED) is 0.0433. The Morgan fingerprint density at radius 3 is 1.65 bits per heavy atom. The number of benzene rings is 4. The summed E-state index contributed by atoms with van der Waals surface area (Å²) in [6.45, 7) is 1.12. The number of non-ortho nitro benzene ring substituents is 1. The number of hydrogen-bond acceptors (Lipinski definition) is 18. The van der Waals surface area contributed by atoms with Crippen LogP contribution >= 0.6 is 0 Å². The van der Waals surface area contributed by atoms with Gasteiger partial charge in [-0.15, -0.1) is 20.5 Å². The van der Waals surface area contributed by atoms with Gasteiger partial charge in [-0.3, -0.25) is 38.4 Å². The molecule has 0 saturated carbocycles. The Balaban J connectivity index is 2.09. The maximum absolute atomic E-state index is 12.4. The highest BCUT2D eigenvalue weighted by Crippen LogP contribution is 2.49. The average molecular weight is 792 g/mol. The molecule has 51 heavy (non-hydrogen) atoms. The highest BCUT2D eigenvalue weighted by Gasteiger charge is 2.30. The van der Waals surface area contributed by atoms with E-state index in [1.807, 2.05) is 0 Å². The van der Waals surface area contributed by atoms with Gasteiger partial charge in [0, 0.05) is 29.1 Å². The van der Waals surface area contributed by atoms with Crippen LogP contribution in [-0.4, -0.2) is 66.8 Å². The molecule has 28 heteroatoms. The lowest BCUT2D eigenvalue weighted by molar-refractivity contribution is -0.385. The van der Waals surface area contributed by atoms with Gasteiger partial charge in [-0.25, -0.2) is 0 Å². The van der Waals surface area contributed by atoms with Gasteiger partial charge in [0.1, 0.15) is 42.3 Å². The molecule has 0 aromatic heterocycles. The van der Waals surface area contributed by atoms with Crippen molar-refractivity contribution in [1.29, 1.82) is 0 Å². The van der Waals surface area contributed by atoms with Gasteiger partial charge in [0.2, 0.25) is 0 Å². The lowest BCUT2D eigenvalue weighted by atomic mass is 10.0. The fourth-order valence-corrected chi connectivity index (χ4v) is 6.97. The molecule has 270 valence electrons. The van der Waals surface area contributed by atoms with Gasteiger partial charge in [-0.2, -0.15) is 33.7 Å². The molecule has 4 aromatic carbocycles. The maximum Gasteiger partial charge on any atom is 0.297 e. The molecule has 0 aliphatic heterocycles. The summed E-state index contributed by atoms with van der Waals surface area (Å²) in [4.78, 5) is 15.3. The number of rotatable bonds is 10. The standard InChI is InChI=1S/C23H17N7O17S4/c1-9-4-13(18(50(42,43)44)8-15(9)30(34)35)26-28-22-19(51(45,46)47)6-11-16(48(36,37)38)7-14(21(24)20(11)23(22)31)27-25-12-3-2-10(29(32)33)5-17(12)49(39,40)41/h2-8,31H,24H2,1H3,(H,36,37,38)(H,39,40,41)(H,42,43,44)(H,45,46,47). The van der Waals surface area contributed by atoms with E-state index >= 15 is 0 Å². The fourth-order valence-electron chi connectivity index (χ4n) is 4.36. The summed E-state index contributed by atoms with van der Waals surface area (Å²) in [6, 6.07) is 3.74. The Kier molecular flexibility index (Phi) is 9.68. The van der Waals surface area contributed by atoms with Crippen molar-refractivity contribution in [2.45, 2.75) is 26.5 Å². The Morgan fingerprint density at radius 2 is 1.14 bits per heavy atom. The molecule has 0 spiro atoms. The number of azo groups is 2. The van der Waals surface area contributed by atoms with E-state index in [1.165, 1.54) is 0 Å². The lowest BCUT2D eigenvalue weighted by Crippen LogP contribution is -2.04. The molecule has 4 rings (SSSR count). The van der Waals surface area contributed by atoms with E-state index in [0.717, 1.165) is 19.1 Å². The Bertz CT molecular complexity index is 2730. The van der Waals surface area contributed by atoms with Crippen molar-refractivity contribution in [3.63, 3.8) is 0 Å². The number of hydrogen-bond donors (Lipinski definition) is 6. The molecule has 7 N–H and O–H groups in total. The first kappa shape index (κ1) is 38.2. The molecular weight excluding hydrogens is 775 g/mol. The van der Waals surface area contributed by atoms with Gasteiger partial charge in [-0.05, 0) is 31.2 Å². The Hall–Kier alpha value is -5.62. The van der Waals surface area contributed by atoms with E-state index in [9.17, 15) is 77.2 Å². The van der Waals surface area contributed by atoms with Gasteiger partial charge in [-0.1, -0.05) is 0 Å². The number of phenolic OH excluding ortho intramolecular Hbond substituents is 1. The number of fused-ring (bicyclic) bond motifs is 1. The number of anilines is 1. The van der Waals surface area contributed by atoms with Gasteiger partial charge in [0.25, 0.3) is 51.8 Å². The third-order valence-electron chi connectivity index (χ3n) is 6.58. The Labute approximate surface area is 283 Å². The molecule has 24 nitrogen and oxygen atoms in total. The second-order valence-electron chi connectivity index (χ2n) is 9.87. The molecule has 0 atom stereocenters. The molecule has 0 aliphatic carbocycles. The number of aromatic hydroxyl groups is 1. The van der Waals surface area contributed by atoms with Crippen LogP contribution in [0.3, 0.4) is 0 Å². The molecule has 0 fully saturated rings. The zero-order valence-corrected chi connectivity index (χ0v) is 27.8. The number of aryl methyl sites for hydroxylation is 1. The molecule has 0 heterocycles. The summed E-state index contributed by atoms with van der Waals surface area (Å²) < 4.78 is 136. The highest BCUT2D eigenvalue weighted by atomic mass is 32.2. The number of nitrogen functional groups attached to an aromatic ring is 1. The van der Waals surface area contributed by atoms with E-state index in [2.05, 4.69) is 20.5 Å². The third kappa shape index (κ3) is 7.76. The van der Waals surface area contributed by atoms with E-state index in [1.54, 1.807) is 0 Å². The van der Waals surface area contributed by atoms with Crippen LogP contribution in [0.15, 0.2) is 82.5 Å². The van der Waals surface area contributed by atoms with Crippen LogP contribution < -0.4 is 5.73 Å². The van der Waals surface area contributed by atoms with E-state index in [4.69, 9.17) is 5.73 Å². The van der Waals surface area contributed by atoms with Crippen molar-refractivity contribution in [3.05, 3.63) is 68.3 Å². The summed E-state index contributed by atoms with van der Waals surface area (Å²) in [5.74, 6) is -1.44. The first-order chi connectivity index (χ1) is 23.2. The van der Waals surface area contributed by atoms with Gasteiger partial charge < -0.3 is 10.8 Å². The number of nitrogens with two attached hydrogens (primary N) is 1. The van der Waals surface area contributed by atoms with Crippen LogP contribution in [0.4, 0.5) is 39.8 Å². The first-order valence-corrected chi connectivity index (χ1v) is 18.4. The summed E-state index contributed by atoms with van der Waals surface area (Å²) in [5.41, 5.74) is -0.383. The largest absolute Gasteiger partial charge is 0.505 e. The average Bonchev–Trinajstić information content (AvgIpc) is 2.97. The third-order valence-corrected chi connectivity index (χ3v) is 10.1. The molecule has 4 aromatic rings. The number of nitro benzene ring substituents is 2. The smallest absolute Gasteiger partial charge is 0.297 e. The molecular formula is C23H17N7O17S4. The normalized spacial score (nSPS) is 13.0. The van der Waals surface area contributed by atoms with E-state index in [0.29, 0.717) is 30.3 Å². The molecule has 0 radical (unpaired) electrons. The first-order valence-electron chi connectivity index (χ1n) is 12.7. The zero-order valence-electron chi connectivity index (χ0n) is 24.6. The predicted molar refractivity (Wildman–Crippen MR) is 169 cm³/mol. The van der Waals surface area contributed by atoms with Crippen molar-refractivity contribution < 1.29 is 66.8 Å². The van der Waals surface area contributed by atoms with E-state index < -0.39 is 126 Å². The minimum absolute atomic E-state index is 0.249. The lowest BCUT2D eigenvalue weighted by Gasteiger charge is -2.14. The van der Waals surface area contributed by atoms with Crippen molar-refractivity contribution in [2.75, 3.05) is 5.73 Å². The van der Waals surface area contributed by atoms with Gasteiger partial charge in [0.05, 0.1) is 20.9 Å². The van der Waals surface area contributed by atoms with Crippen molar-refractivity contribution in [2.24, 2.45) is 20.5 Å². The van der Waals surface area contributed by atoms with Crippen LogP contribution in [0.5, 0.6) is 5.75 Å². The fraction of sp³-hybridized carbons (Fsp3) is 0.0435. The summed E-state index contributed by atoms with van der Waals surface area (Å²) in [6.07, 6.45) is 0. The monoisotopic (exact) mass is 791 g/mol. The molecule has 0 saturated heterocycles. The van der Waals surface area contributed by atoms with Crippen LogP contribution in [0, 0.1) is 27.2 Å². The minimum Gasteiger partial charge on any atom is -0.505 e. The summed E-state index contributed by atoms with van der Waals surface area (Å²) in [7, 11) is -21.5. The SMILES string of the molecule is Cc1cc(N=Nc2c(S(=O)(=O)O)cc3c(S(=O)(=O)O)cc(N=Nc4ccc([N+](=O)[O-])cc4S(=O)(=O)O)c(N)c3c2O)c(S(=O)(=O)O)cc1[N+](=O)[O-]. The van der Waals surface area contributed by atoms with Crippen LogP contribution in [0.1, 0.15) is 5.56 Å². The maximum atomic E-state index is 12.4. The summed E-state index contributed by atoms with van der Waals surface area (Å²) in [5, 5.41) is 45.7. The highest BCUT2D eigenvalue weighted by molar-refractivity contribution is 7.87. The molecule has 0 bridgehead atoms. The van der Waals surface area contributed by atoms with Crippen molar-refractivity contribution in [1.82, 2.24) is 0 Å². The molecule has 0 aliphatic rings. The van der Waals surface area contributed by atoms with Gasteiger partial charge in [0.15, 0.2) is 5.75 Å². The van der Waals surface area contributed by atoms with Crippen molar-refractivity contribution in [3.8, 4) is 5.75 Å². The van der Waals surface area contributed by atoms with Crippen LogP contribution in [0.25, 0.3) is 10.8 Å². The Morgan fingerprint density at radius 1 is 0.627 bits per heavy atom. The predicted octanol–water partition coefficient (Wildman–Crippen LogP) is 4.07. The molecule has 0 amide bonds. The number of nitro groups is 2. The topological polar surface area (TPSA) is 399 Å². The van der Waals surface area contributed by atoms with Gasteiger partial charge >= 0.3 is 0 Å². The van der Waals surface area contributed by atoms with E-state index in [-0.39, 0.29) is 5.56 Å². The minimum atomic E-state index is -5.53. The zero-order chi connectivity index (χ0) is 38.6. The van der Waals surface area contributed by atoms with Crippen molar-refractivity contribution >= 4 is 91.1 Å². The van der Waals surface area contributed by atoms with Crippen LogP contribution in [-0.2, 0) is 40.5 Å². The summed E-state index contributed by atoms with van der Waals surface area (Å²) >= 11 is 0. The second kappa shape index (κ2) is 12.9. The molecule has 0 unspecified atom stereocenters. The van der Waals surface area contributed by atoms with Crippen LogP contribution in [0.2, 0.25) is 0 Å².